The fraction of sp³-hybridized carbons (Fsp3) is 0.385. The Kier molecular flexibility index (Phi) is 7.61. The summed E-state index contributed by atoms with van der Waals surface area (Å²) in [5.41, 5.74) is 4.08. The van der Waals surface area contributed by atoms with Crippen molar-refractivity contribution in [3.8, 4) is 11.3 Å². The van der Waals surface area contributed by atoms with E-state index in [1.165, 1.54) is 41.9 Å². The lowest BCUT2D eigenvalue weighted by atomic mass is 10.1. The van der Waals surface area contributed by atoms with Gasteiger partial charge in [0.15, 0.2) is 11.5 Å². The highest BCUT2D eigenvalue weighted by Crippen LogP contribution is 2.30. The van der Waals surface area contributed by atoms with Crippen LogP contribution in [0.2, 0.25) is 0 Å². The zero-order chi connectivity index (χ0) is 28.3. The second kappa shape index (κ2) is 11.6. The molecule has 2 aliphatic heterocycles. The number of nitro groups is 1. The lowest BCUT2D eigenvalue weighted by Crippen LogP contribution is -2.34. The number of likely N-dealkylation sites (tertiary alicyclic amines) is 1. The summed E-state index contributed by atoms with van der Waals surface area (Å²) in [5, 5.41) is 21.7. The van der Waals surface area contributed by atoms with Gasteiger partial charge in [-0.05, 0) is 50.9 Å². The molecule has 0 radical (unpaired) electrons. The Bertz CT molecular complexity index is 1630. The number of nitrogens with one attached hydrogen (secondary N) is 2. The van der Waals surface area contributed by atoms with Gasteiger partial charge in [-0.2, -0.15) is 5.10 Å². The molecule has 6 rings (SSSR count). The molecule has 2 aliphatic rings. The monoisotopic (exact) mass is 575 g/mol. The van der Waals surface area contributed by atoms with E-state index in [1.807, 2.05) is 17.5 Å². The van der Waals surface area contributed by atoms with E-state index in [-0.39, 0.29) is 23.3 Å². The number of aromatic nitrogens is 6. The first-order chi connectivity index (χ1) is 19.9. The highest BCUT2D eigenvalue weighted by Gasteiger charge is 2.24. The first-order valence-electron chi connectivity index (χ1n) is 13.4. The molecule has 0 saturated carbocycles. The molecule has 4 aromatic rings. The van der Waals surface area contributed by atoms with Gasteiger partial charge in [0.2, 0.25) is 5.91 Å². The van der Waals surface area contributed by atoms with Crippen molar-refractivity contribution in [2.45, 2.75) is 44.5 Å². The number of hydrogen-bond acceptors (Lipinski definition) is 11. The Labute approximate surface area is 239 Å². The maximum atomic E-state index is 12.6. The van der Waals surface area contributed by atoms with Gasteiger partial charge >= 0.3 is 5.69 Å². The minimum Gasteiger partial charge on any atom is -0.353 e. The number of anilines is 2. The second-order valence-corrected chi connectivity index (χ2v) is 11.1. The van der Waals surface area contributed by atoms with Crippen molar-refractivity contribution in [2.24, 2.45) is 4.40 Å². The van der Waals surface area contributed by atoms with Gasteiger partial charge in [-0.15, -0.1) is 0 Å². The summed E-state index contributed by atoms with van der Waals surface area (Å²) in [4.78, 5) is 38.8. The summed E-state index contributed by atoms with van der Waals surface area (Å²) in [6, 6.07) is 1.39. The van der Waals surface area contributed by atoms with Gasteiger partial charge in [-0.1, -0.05) is 6.42 Å². The topological polar surface area (TPSA) is 161 Å². The van der Waals surface area contributed by atoms with Crippen molar-refractivity contribution < 1.29 is 9.72 Å². The number of carbonyl (C=O) groups excluding carboxylic acids is 1. The molecule has 2 N–H and O–H groups in total. The van der Waals surface area contributed by atoms with Crippen molar-refractivity contribution in [3.05, 3.63) is 59.1 Å². The minimum absolute atomic E-state index is 0.0802. The molecular weight excluding hydrogens is 546 g/mol. The third-order valence-electron chi connectivity index (χ3n) is 7.00. The van der Waals surface area contributed by atoms with Gasteiger partial charge in [0.25, 0.3) is 0 Å². The third-order valence-corrected chi connectivity index (χ3v) is 7.90. The van der Waals surface area contributed by atoms with Gasteiger partial charge < -0.3 is 10.6 Å². The molecule has 0 aliphatic carbocycles. The lowest BCUT2D eigenvalue weighted by molar-refractivity contribution is -0.384. The van der Waals surface area contributed by atoms with Crippen LogP contribution in [0.3, 0.4) is 0 Å². The van der Waals surface area contributed by atoms with Crippen LogP contribution in [0.1, 0.15) is 31.4 Å². The zero-order valence-corrected chi connectivity index (χ0v) is 23.3. The Morgan fingerprint density at radius 3 is 2.88 bits per heavy atom. The molecule has 1 fully saturated rings. The second-order valence-electron chi connectivity index (χ2n) is 10.1. The molecule has 14 nitrogen and oxygen atoms in total. The highest BCUT2D eigenvalue weighted by molar-refractivity contribution is 7.99. The zero-order valence-electron chi connectivity index (χ0n) is 22.4. The van der Waals surface area contributed by atoms with Crippen LogP contribution in [0.25, 0.3) is 16.9 Å². The predicted octanol–water partition coefficient (Wildman–Crippen LogP) is 3.56. The summed E-state index contributed by atoms with van der Waals surface area (Å²) in [6.07, 6.45) is 14.2. The number of rotatable bonds is 9. The number of aryl methyl sites for hydroxylation is 1. The van der Waals surface area contributed by atoms with E-state index in [4.69, 9.17) is 9.38 Å². The lowest BCUT2D eigenvalue weighted by Gasteiger charge is -2.26. The molecule has 1 amide bonds. The van der Waals surface area contributed by atoms with Crippen molar-refractivity contribution in [2.75, 3.05) is 30.3 Å². The van der Waals surface area contributed by atoms with Crippen LogP contribution >= 0.6 is 11.9 Å². The number of nitrogens with zero attached hydrogens (tertiary/aromatic N) is 9. The van der Waals surface area contributed by atoms with Gasteiger partial charge in [0.1, 0.15) is 23.8 Å². The van der Waals surface area contributed by atoms with Crippen molar-refractivity contribution in [1.29, 1.82) is 0 Å². The van der Waals surface area contributed by atoms with Crippen LogP contribution < -0.4 is 10.6 Å². The Morgan fingerprint density at radius 1 is 1.20 bits per heavy atom. The molecule has 15 heteroatoms. The molecule has 6 heterocycles. The van der Waals surface area contributed by atoms with E-state index in [0.717, 1.165) is 49.2 Å². The predicted molar refractivity (Wildman–Crippen MR) is 156 cm³/mol. The number of amides is 1. The fourth-order valence-corrected chi connectivity index (χ4v) is 5.94. The Hall–Kier alpha value is -4.37. The quantitative estimate of drug-likeness (QED) is 0.171. The van der Waals surface area contributed by atoms with Gasteiger partial charge in [0.05, 0.1) is 28.7 Å². The normalized spacial score (nSPS) is 17.5. The number of pyridine rings is 1. The van der Waals surface area contributed by atoms with Crippen molar-refractivity contribution in [1.82, 2.24) is 34.0 Å². The number of piperidine rings is 1. The smallest absolute Gasteiger partial charge is 0.310 e. The van der Waals surface area contributed by atoms with Crippen LogP contribution in [0, 0.1) is 17.0 Å². The SMILES string of the molecule is Cc1cn2c(-c3cnn(CC(=O)Nc4ccncc4[N+](=O)[O-])c3)cnc2c(NC2CC(CN3CCCCC3)=NS2)n1. The van der Waals surface area contributed by atoms with Crippen LogP contribution in [-0.4, -0.2) is 75.6 Å². The first kappa shape index (κ1) is 26.8. The van der Waals surface area contributed by atoms with E-state index in [1.54, 1.807) is 30.5 Å². The molecule has 1 saturated heterocycles. The molecule has 0 bridgehead atoms. The number of carbonyl (C=O) groups is 1. The molecular formula is C26H29N11O3S. The maximum Gasteiger partial charge on any atom is 0.310 e. The summed E-state index contributed by atoms with van der Waals surface area (Å²) in [6.45, 7) is 5.03. The number of imidazole rings is 1. The van der Waals surface area contributed by atoms with Crippen LogP contribution in [0.5, 0.6) is 0 Å². The standard InChI is InChI=1S/C26H29N11O3S/c1-17-13-36-21(18-10-29-35(14-18)16-23(38)31-20-5-6-27-11-22(20)37(39)40)12-28-26(36)25(30-17)32-24-9-19(33-41-24)15-34-7-3-2-4-8-34/h5-6,10-14,24H,2-4,7-9,15-16H2,1H3,(H,30,32)(H,27,31,38). The van der Waals surface area contributed by atoms with Crippen molar-refractivity contribution in [3.63, 3.8) is 0 Å². The largest absolute Gasteiger partial charge is 0.353 e. The highest BCUT2D eigenvalue weighted by atomic mass is 32.2. The number of fused-ring (bicyclic) bond motifs is 1. The summed E-state index contributed by atoms with van der Waals surface area (Å²) >= 11 is 1.54. The van der Waals surface area contributed by atoms with E-state index >= 15 is 0 Å². The molecule has 1 atom stereocenters. The number of hydrogen-bond donors (Lipinski definition) is 2. The maximum absolute atomic E-state index is 12.6. The van der Waals surface area contributed by atoms with Crippen molar-refractivity contribution >= 4 is 46.4 Å². The van der Waals surface area contributed by atoms with Crippen LogP contribution in [0.15, 0.2) is 47.6 Å². The molecule has 0 spiro atoms. The van der Waals surface area contributed by atoms with Gasteiger partial charge in [0, 0.05) is 42.8 Å². The third kappa shape index (κ3) is 6.05. The minimum atomic E-state index is -0.591. The van der Waals surface area contributed by atoms with Crippen LogP contribution in [0.4, 0.5) is 17.2 Å². The average Bonchev–Trinajstić information content (AvgIpc) is 3.70. The van der Waals surface area contributed by atoms with Gasteiger partial charge in [-0.3, -0.25) is 33.9 Å². The van der Waals surface area contributed by atoms with E-state index in [9.17, 15) is 14.9 Å². The van der Waals surface area contributed by atoms with Gasteiger partial charge in [-0.25, -0.2) is 14.4 Å². The molecule has 4 aromatic heterocycles. The summed E-state index contributed by atoms with van der Waals surface area (Å²) in [7, 11) is 0. The van der Waals surface area contributed by atoms with Crippen LogP contribution in [-0.2, 0) is 11.3 Å². The first-order valence-corrected chi connectivity index (χ1v) is 14.2. The van der Waals surface area contributed by atoms with E-state index in [2.05, 4.69) is 30.6 Å². The van der Waals surface area contributed by atoms with E-state index in [0.29, 0.717) is 11.5 Å². The molecule has 41 heavy (non-hydrogen) atoms. The average molecular weight is 576 g/mol. The fourth-order valence-electron chi connectivity index (χ4n) is 5.10. The Balaban J connectivity index is 1.13. The summed E-state index contributed by atoms with van der Waals surface area (Å²) in [5.74, 6) is 0.239. The van der Waals surface area contributed by atoms with E-state index < -0.39 is 10.8 Å². The summed E-state index contributed by atoms with van der Waals surface area (Å²) < 4.78 is 8.16. The molecule has 212 valence electrons. The molecule has 1 unspecified atom stereocenters. The Morgan fingerprint density at radius 2 is 2.05 bits per heavy atom. The molecule has 0 aromatic carbocycles.